The Balaban J connectivity index is 1.63. The number of benzene rings is 2. The van der Waals surface area contributed by atoms with Crippen LogP contribution in [0.3, 0.4) is 0 Å². The highest BCUT2D eigenvalue weighted by Crippen LogP contribution is 2.43. The number of anilines is 2. The van der Waals surface area contributed by atoms with Crippen LogP contribution in [0.5, 0.6) is 0 Å². The third-order valence-electron chi connectivity index (χ3n) is 5.97. The number of sulfonamides is 1. The van der Waals surface area contributed by atoms with Gasteiger partial charge in [0.05, 0.1) is 18.0 Å². The Hall–Kier alpha value is -3.69. The molecule has 1 aliphatic rings. The second-order valence-electron chi connectivity index (χ2n) is 8.49. The van der Waals surface area contributed by atoms with E-state index >= 15 is 0 Å². The fourth-order valence-corrected chi connectivity index (χ4v) is 5.47. The largest absolute Gasteiger partial charge is 0.351 e. The second-order valence-corrected chi connectivity index (χ2v) is 10.6. The second kappa shape index (κ2) is 9.16. The molecule has 178 valence electrons. The topological polar surface area (TPSA) is 79.3 Å². The van der Waals surface area contributed by atoms with Crippen molar-refractivity contribution in [1.82, 2.24) is 14.9 Å². The molecule has 4 aromatic rings. The first-order valence-electron chi connectivity index (χ1n) is 11.1. The van der Waals surface area contributed by atoms with Gasteiger partial charge in [-0.25, -0.2) is 8.42 Å². The third-order valence-corrected chi connectivity index (χ3v) is 6.89. The van der Waals surface area contributed by atoms with E-state index in [1.54, 1.807) is 18.3 Å². The maximum atomic E-state index is 11.6. The van der Waals surface area contributed by atoms with E-state index in [1.807, 2.05) is 48.5 Å². The molecule has 7 nitrogen and oxygen atoms in total. The van der Waals surface area contributed by atoms with Crippen molar-refractivity contribution < 1.29 is 8.42 Å². The van der Waals surface area contributed by atoms with Gasteiger partial charge in [0.15, 0.2) is 5.11 Å². The number of hydrogen-bond acceptors (Lipinski definition) is 4. The molecule has 9 heteroatoms. The summed E-state index contributed by atoms with van der Waals surface area (Å²) in [6, 6.07) is 27.2. The quantitative estimate of drug-likeness (QED) is 0.371. The van der Waals surface area contributed by atoms with Gasteiger partial charge in [0, 0.05) is 34.6 Å². The molecule has 0 radical (unpaired) electrons. The number of para-hydroxylation sites is 1. The number of hydrogen-bond donors (Lipinski definition) is 2. The SMILES string of the molecule is Cc1ccc([C@@H]2[C@H](c3ccccn3)NC(=S)N2c2ccc(NS(C)(=O)=O)cc2)n1-c1ccccc1. The van der Waals surface area contributed by atoms with E-state index in [1.165, 1.54) is 0 Å². The lowest BCUT2D eigenvalue weighted by molar-refractivity contribution is 0.548. The number of nitrogens with one attached hydrogen (secondary N) is 2. The molecule has 35 heavy (non-hydrogen) atoms. The predicted octanol–water partition coefficient (Wildman–Crippen LogP) is 4.73. The highest BCUT2D eigenvalue weighted by atomic mass is 32.2. The minimum atomic E-state index is -3.37. The molecule has 0 bridgehead atoms. The van der Waals surface area contributed by atoms with Gasteiger partial charge >= 0.3 is 0 Å². The van der Waals surface area contributed by atoms with Crippen molar-refractivity contribution >= 4 is 38.7 Å². The fourth-order valence-electron chi connectivity index (χ4n) is 4.56. The molecule has 1 fully saturated rings. The van der Waals surface area contributed by atoms with E-state index in [-0.39, 0.29) is 12.1 Å². The van der Waals surface area contributed by atoms with E-state index in [2.05, 4.69) is 55.7 Å². The Labute approximate surface area is 210 Å². The summed E-state index contributed by atoms with van der Waals surface area (Å²) in [4.78, 5) is 6.70. The van der Waals surface area contributed by atoms with Gasteiger partial charge in [-0.05, 0) is 79.8 Å². The van der Waals surface area contributed by atoms with Crippen molar-refractivity contribution in [1.29, 1.82) is 0 Å². The van der Waals surface area contributed by atoms with Gasteiger partial charge in [-0.2, -0.15) is 0 Å². The monoisotopic (exact) mass is 503 g/mol. The van der Waals surface area contributed by atoms with Crippen molar-refractivity contribution in [2.24, 2.45) is 0 Å². The van der Waals surface area contributed by atoms with Crippen molar-refractivity contribution in [3.05, 3.63) is 108 Å². The Morgan fingerprint density at radius 3 is 2.29 bits per heavy atom. The number of thiocarbonyl (C=S) groups is 1. The van der Waals surface area contributed by atoms with Crippen LogP contribution in [0.25, 0.3) is 5.69 Å². The smallest absolute Gasteiger partial charge is 0.229 e. The lowest BCUT2D eigenvalue weighted by Gasteiger charge is -2.29. The normalized spacial score (nSPS) is 17.9. The van der Waals surface area contributed by atoms with Gasteiger partial charge in [0.1, 0.15) is 6.04 Å². The lowest BCUT2D eigenvalue weighted by atomic mass is 10.0. The van der Waals surface area contributed by atoms with Crippen LogP contribution in [0.4, 0.5) is 11.4 Å². The number of aryl methyl sites for hydroxylation is 1. The Morgan fingerprint density at radius 1 is 0.914 bits per heavy atom. The molecular formula is C26H25N5O2S2. The molecule has 1 aliphatic heterocycles. The van der Waals surface area contributed by atoms with E-state index in [0.29, 0.717) is 10.8 Å². The first-order chi connectivity index (χ1) is 16.8. The minimum absolute atomic E-state index is 0.186. The number of rotatable bonds is 6. The van der Waals surface area contributed by atoms with Gasteiger partial charge in [-0.15, -0.1) is 0 Å². The molecule has 5 rings (SSSR count). The molecule has 0 aliphatic carbocycles. The maximum Gasteiger partial charge on any atom is 0.229 e. The van der Waals surface area contributed by atoms with Crippen LogP contribution in [-0.2, 0) is 10.0 Å². The molecule has 2 aromatic carbocycles. The molecule has 2 N–H and O–H groups in total. The average Bonchev–Trinajstić information content (AvgIpc) is 3.39. The van der Waals surface area contributed by atoms with Gasteiger partial charge in [-0.1, -0.05) is 24.3 Å². The minimum Gasteiger partial charge on any atom is -0.351 e. The fraction of sp³-hybridized carbons (Fsp3) is 0.154. The van der Waals surface area contributed by atoms with E-state index in [0.717, 1.165) is 34.7 Å². The summed E-state index contributed by atoms with van der Waals surface area (Å²) in [7, 11) is -3.37. The summed E-state index contributed by atoms with van der Waals surface area (Å²) in [5.41, 5.74) is 5.47. The van der Waals surface area contributed by atoms with Crippen LogP contribution in [0.1, 0.15) is 29.2 Å². The van der Waals surface area contributed by atoms with Crippen LogP contribution in [0.2, 0.25) is 0 Å². The molecule has 2 atom stereocenters. The summed E-state index contributed by atoms with van der Waals surface area (Å²) in [5, 5.41) is 4.05. The van der Waals surface area contributed by atoms with Crippen LogP contribution in [0, 0.1) is 6.92 Å². The zero-order valence-electron chi connectivity index (χ0n) is 19.3. The van der Waals surface area contributed by atoms with Crippen molar-refractivity contribution in [2.45, 2.75) is 19.0 Å². The number of nitrogens with zero attached hydrogens (tertiary/aromatic N) is 3. The third kappa shape index (κ3) is 4.65. The maximum absolute atomic E-state index is 11.6. The average molecular weight is 504 g/mol. The summed E-state index contributed by atoms with van der Waals surface area (Å²) < 4.78 is 28.0. The summed E-state index contributed by atoms with van der Waals surface area (Å²) >= 11 is 5.83. The molecule has 0 amide bonds. The van der Waals surface area contributed by atoms with Crippen molar-refractivity contribution in [3.63, 3.8) is 0 Å². The molecule has 0 saturated carbocycles. The van der Waals surface area contributed by atoms with Crippen LogP contribution in [0.15, 0.2) is 91.1 Å². The molecule has 2 aromatic heterocycles. The Kier molecular flexibility index (Phi) is 6.04. The Bertz CT molecular complexity index is 1450. The zero-order valence-corrected chi connectivity index (χ0v) is 20.9. The van der Waals surface area contributed by atoms with E-state index < -0.39 is 10.0 Å². The van der Waals surface area contributed by atoms with E-state index in [4.69, 9.17) is 12.2 Å². The summed E-state index contributed by atoms with van der Waals surface area (Å²) in [6.45, 7) is 2.09. The van der Waals surface area contributed by atoms with Gasteiger partial charge in [0.2, 0.25) is 10.0 Å². The summed E-state index contributed by atoms with van der Waals surface area (Å²) in [5.74, 6) is 0. The molecule has 1 saturated heterocycles. The van der Waals surface area contributed by atoms with Crippen molar-refractivity contribution in [2.75, 3.05) is 15.9 Å². The zero-order chi connectivity index (χ0) is 24.6. The number of pyridine rings is 1. The van der Waals surface area contributed by atoms with Gasteiger partial charge < -0.3 is 14.8 Å². The highest BCUT2D eigenvalue weighted by molar-refractivity contribution is 7.92. The predicted molar refractivity (Wildman–Crippen MR) is 143 cm³/mol. The highest BCUT2D eigenvalue weighted by Gasteiger charge is 2.42. The molecule has 3 heterocycles. The molecular weight excluding hydrogens is 478 g/mol. The van der Waals surface area contributed by atoms with Crippen LogP contribution >= 0.6 is 12.2 Å². The van der Waals surface area contributed by atoms with Crippen LogP contribution < -0.4 is 14.9 Å². The van der Waals surface area contributed by atoms with Crippen LogP contribution in [-0.4, -0.2) is 29.3 Å². The molecule has 0 spiro atoms. The van der Waals surface area contributed by atoms with Gasteiger partial charge in [0.25, 0.3) is 0 Å². The van der Waals surface area contributed by atoms with Gasteiger partial charge in [-0.3, -0.25) is 9.71 Å². The summed E-state index contributed by atoms with van der Waals surface area (Å²) in [6.07, 6.45) is 2.92. The first kappa shape index (κ1) is 23.1. The standard InChI is InChI=1S/C26H25N5O2S2/c1-18-11-16-23(30(18)20-8-4-3-5-9-20)25-24(22-10-6-7-17-27-22)28-26(34)31(25)21-14-12-19(13-15-21)29-35(2,32)33/h3-17,24-25,29H,1-2H3,(H,28,34)/t24-,25+/m0/s1. The Morgan fingerprint density at radius 2 is 1.63 bits per heavy atom. The first-order valence-corrected chi connectivity index (χ1v) is 13.4. The lowest BCUT2D eigenvalue weighted by Crippen LogP contribution is -2.30. The number of aromatic nitrogens is 2. The molecule has 0 unspecified atom stereocenters. The van der Waals surface area contributed by atoms with E-state index in [9.17, 15) is 8.42 Å². The van der Waals surface area contributed by atoms with Crippen molar-refractivity contribution in [3.8, 4) is 5.69 Å².